The SMILES string of the molecule is COc1cccc(CN(C(=O)COc2ccc(Cl)c(C)c2)[C@H](C)C(=O)NC2CCCCC2)c1. The van der Waals surface area contributed by atoms with Gasteiger partial charge in [-0.05, 0) is 68.1 Å². The van der Waals surface area contributed by atoms with Crippen LogP contribution in [0.15, 0.2) is 42.5 Å². The Hall–Kier alpha value is -2.73. The predicted octanol–water partition coefficient (Wildman–Crippen LogP) is 4.90. The maximum absolute atomic E-state index is 13.2. The molecule has 0 radical (unpaired) electrons. The fourth-order valence-corrected chi connectivity index (χ4v) is 4.17. The number of nitrogens with zero attached hydrogens (tertiary/aromatic N) is 1. The van der Waals surface area contributed by atoms with Gasteiger partial charge in [0.05, 0.1) is 7.11 Å². The van der Waals surface area contributed by atoms with E-state index in [1.807, 2.05) is 31.2 Å². The van der Waals surface area contributed by atoms with Gasteiger partial charge in [0.15, 0.2) is 6.61 Å². The number of hydrogen-bond donors (Lipinski definition) is 1. The minimum absolute atomic E-state index is 0.138. The molecular formula is C26H33ClN2O4. The van der Waals surface area contributed by atoms with Crippen molar-refractivity contribution < 1.29 is 19.1 Å². The average Bonchev–Trinajstić information content (AvgIpc) is 2.83. The molecule has 1 aliphatic carbocycles. The fraction of sp³-hybridized carbons (Fsp3) is 0.462. The molecule has 0 bridgehead atoms. The molecule has 0 aliphatic heterocycles. The van der Waals surface area contributed by atoms with Crippen LogP contribution in [-0.4, -0.2) is 42.5 Å². The molecule has 2 amide bonds. The summed E-state index contributed by atoms with van der Waals surface area (Å²) in [7, 11) is 1.60. The molecule has 6 nitrogen and oxygen atoms in total. The second-order valence-corrected chi connectivity index (χ2v) is 9.00. The molecule has 2 aromatic carbocycles. The minimum atomic E-state index is -0.638. The molecule has 0 spiro atoms. The first-order chi connectivity index (χ1) is 15.9. The van der Waals surface area contributed by atoms with Gasteiger partial charge in [0, 0.05) is 17.6 Å². The predicted molar refractivity (Wildman–Crippen MR) is 130 cm³/mol. The molecule has 1 N–H and O–H groups in total. The summed E-state index contributed by atoms with van der Waals surface area (Å²) in [5.41, 5.74) is 1.75. The Morgan fingerprint density at radius 3 is 2.58 bits per heavy atom. The third-order valence-electron chi connectivity index (χ3n) is 6.10. The van der Waals surface area contributed by atoms with Crippen LogP contribution in [0.5, 0.6) is 11.5 Å². The van der Waals surface area contributed by atoms with Gasteiger partial charge in [-0.2, -0.15) is 0 Å². The van der Waals surface area contributed by atoms with Crippen LogP contribution in [0.25, 0.3) is 0 Å². The van der Waals surface area contributed by atoms with Crippen molar-refractivity contribution in [3.05, 3.63) is 58.6 Å². The number of carbonyl (C=O) groups is 2. The van der Waals surface area contributed by atoms with Crippen LogP contribution in [0.3, 0.4) is 0 Å². The number of rotatable bonds is 9. The fourth-order valence-electron chi connectivity index (χ4n) is 4.05. The molecule has 1 fully saturated rings. The quantitative estimate of drug-likeness (QED) is 0.563. The summed E-state index contributed by atoms with van der Waals surface area (Å²) >= 11 is 6.08. The zero-order valence-electron chi connectivity index (χ0n) is 19.6. The standard InChI is InChI=1S/C26H33ClN2O4/c1-18-14-23(12-13-24(18)27)33-17-25(30)29(16-20-8-7-11-22(15-20)32-3)19(2)26(31)28-21-9-5-4-6-10-21/h7-8,11-15,19,21H,4-6,9-10,16-17H2,1-3H3,(H,28,31)/t19-/m1/s1. The Morgan fingerprint density at radius 1 is 1.12 bits per heavy atom. The summed E-state index contributed by atoms with van der Waals surface area (Å²) in [5, 5.41) is 3.78. The number of ether oxygens (including phenoxy) is 2. The topological polar surface area (TPSA) is 67.9 Å². The monoisotopic (exact) mass is 472 g/mol. The van der Waals surface area contributed by atoms with Gasteiger partial charge in [0.1, 0.15) is 17.5 Å². The number of nitrogens with one attached hydrogen (secondary N) is 1. The van der Waals surface area contributed by atoms with Crippen LogP contribution in [0.4, 0.5) is 0 Å². The molecule has 178 valence electrons. The number of amides is 2. The molecule has 0 heterocycles. The highest BCUT2D eigenvalue weighted by Crippen LogP contribution is 2.22. The number of methoxy groups -OCH3 is 1. The highest BCUT2D eigenvalue weighted by Gasteiger charge is 2.28. The van der Waals surface area contributed by atoms with Crippen LogP contribution >= 0.6 is 11.6 Å². The number of halogens is 1. The third-order valence-corrected chi connectivity index (χ3v) is 6.52. The summed E-state index contributed by atoms with van der Waals surface area (Å²) in [6, 6.07) is 12.3. The lowest BCUT2D eigenvalue weighted by Crippen LogP contribution is -2.51. The van der Waals surface area contributed by atoms with E-state index in [0.717, 1.165) is 36.8 Å². The average molecular weight is 473 g/mol. The van der Waals surface area contributed by atoms with E-state index >= 15 is 0 Å². The smallest absolute Gasteiger partial charge is 0.261 e. The van der Waals surface area contributed by atoms with Crippen molar-refractivity contribution in [1.29, 1.82) is 0 Å². The van der Waals surface area contributed by atoms with Gasteiger partial charge in [0.2, 0.25) is 5.91 Å². The second-order valence-electron chi connectivity index (χ2n) is 8.59. The van der Waals surface area contributed by atoms with Crippen molar-refractivity contribution in [2.75, 3.05) is 13.7 Å². The van der Waals surface area contributed by atoms with Crippen molar-refractivity contribution in [3.63, 3.8) is 0 Å². The van der Waals surface area contributed by atoms with Crippen LogP contribution in [0, 0.1) is 6.92 Å². The Balaban J connectivity index is 1.73. The van der Waals surface area contributed by atoms with Gasteiger partial charge in [0.25, 0.3) is 5.91 Å². The van der Waals surface area contributed by atoms with E-state index in [9.17, 15) is 9.59 Å². The van der Waals surface area contributed by atoms with Crippen LogP contribution in [-0.2, 0) is 16.1 Å². The zero-order valence-corrected chi connectivity index (χ0v) is 20.4. The van der Waals surface area contributed by atoms with Crippen molar-refractivity contribution in [2.45, 2.75) is 64.6 Å². The number of aryl methyl sites for hydroxylation is 1. The maximum Gasteiger partial charge on any atom is 0.261 e. The molecule has 1 atom stereocenters. The molecule has 0 unspecified atom stereocenters. The van der Waals surface area contributed by atoms with Gasteiger partial charge in [-0.15, -0.1) is 0 Å². The Bertz CT molecular complexity index is 959. The maximum atomic E-state index is 13.2. The van der Waals surface area contributed by atoms with Crippen molar-refractivity contribution in [2.24, 2.45) is 0 Å². The van der Waals surface area contributed by atoms with Gasteiger partial charge in [-0.1, -0.05) is 43.0 Å². The van der Waals surface area contributed by atoms with Crippen LogP contribution in [0.1, 0.15) is 50.2 Å². The molecule has 0 saturated heterocycles. The van der Waals surface area contributed by atoms with E-state index in [1.165, 1.54) is 6.42 Å². The van der Waals surface area contributed by atoms with Gasteiger partial charge in [-0.3, -0.25) is 9.59 Å². The summed E-state index contributed by atoms with van der Waals surface area (Å²) < 4.78 is 11.1. The van der Waals surface area contributed by atoms with Crippen LogP contribution < -0.4 is 14.8 Å². The first-order valence-electron chi connectivity index (χ1n) is 11.5. The third kappa shape index (κ3) is 7.13. The summed E-state index contributed by atoms with van der Waals surface area (Å²) in [4.78, 5) is 27.8. The van der Waals surface area contributed by atoms with Crippen molar-refractivity contribution in [1.82, 2.24) is 10.2 Å². The molecule has 0 aromatic heterocycles. The lowest BCUT2D eigenvalue weighted by atomic mass is 9.95. The van der Waals surface area contributed by atoms with Crippen LogP contribution in [0.2, 0.25) is 5.02 Å². The largest absolute Gasteiger partial charge is 0.497 e. The molecule has 1 aliphatic rings. The first-order valence-corrected chi connectivity index (χ1v) is 11.9. The second kappa shape index (κ2) is 11.9. The normalized spacial score (nSPS) is 14.9. The summed E-state index contributed by atoms with van der Waals surface area (Å²) in [6.45, 7) is 3.75. The Kier molecular flexibility index (Phi) is 9.01. The Morgan fingerprint density at radius 2 is 1.88 bits per heavy atom. The van der Waals surface area contributed by atoms with E-state index < -0.39 is 6.04 Å². The van der Waals surface area contributed by atoms with Gasteiger partial charge in [-0.25, -0.2) is 0 Å². The number of carbonyl (C=O) groups excluding carboxylic acids is 2. The van der Waals surface area contributed by atoms with Crippen molar-refractivity contribution >= 4 is 23.4 Å². The van der Waals surface area contributed by atoms with E-state index in [0.29, 0.717) is 16.5 Å². The highest BCUT2D eigenvalue weighted by atomic mass is 35.5. The highest BCUT2D eigenvalue weighted by molar-refractivity contribution is 6.31. The van der Waals surface area contributed by atoms with E-state index in [2.05, 4.69) is 5.32 Å². The number of hydrogen-bond acceptors (Lipinski definition) is 4. The molecule has 1 saturated carbocycles. The number of benzene rings is 2. The van der Waals surface area contributed by atoms with E-state index in [4.69, 9.17) is 21.1 Å². The lowest BCUT2D eigenvalue weighted by molar-refractivity contribution is -0.142. The zero-order chi connectivity index (χ0) is 23.8. The molecule has 7 heteroatoms. The summed E-state index contributed by atoms with van der Waals surface area (Å²) in [6.07, 6.45) is 5.44. The van der Waals surface area contributed by atoms with E-state index in [-0.39, 0.29) is 31.0 Å². The molecular weight excluding hydrogens is 440 g/mol. The van der Waals surface area contributed by atoms with Gasteiger partial charge >= 0.3 is 0 Å². The molecule has 2 aromatic rings. The first kappa shape index (κ1) is 24.9. The molecule has 3 rings (SSSR count). The van der Waals surface area contributed by atoms with Gasteiger partial charge < -0.3 is 19.7 Å². The summed E-state index contributed by atoms with van der Waals surface area (Å²) in [5.74, 6) is 0.857. The van der Waals surface area contributed by atoms with E-state index in [1.54, 1.807) is 37.1 Å². The Labute approximate surface area is 201 Å². The lowest BCUT2D eigenvalue weighted by Gasteiger charge is -2.31. The minimum Gasteiger partial charge on any atom is -0.497 e. The van der Waals surface area contributed by atoms with Crippen molar-refractivity contribution in [3.8, 4) is 11.5 Å². The molecule has 33 heavy (non-hydrogen) atoms.